The number of hydrogen-bond donors (Lipinski definition) is 3. The molecule has 0 spiro atoms. The molecule has 35 heavy (non-hydrogen) atoms. The highest BCUT2D eigenvalue weighted by Gasteiger charge is 2.28. The van der Waals surface area contributed by atoms with Gasteiger partial charge in [0, 0.05) is 36.3 Å². The van der Waals surface area contributed by atoms with E-state index in [1.54, 1.807) is 18.2 Å². The smallest absolute Gasteiger partial charge is 0.227 e. The second kappa shape index (κ2) is 8.99. The first kappa shape index (κ1) is 21.5. The Balaban J connectivity index is 1.26. The first-order valence-electron chi connectivity index (χ1n) is 11.7. The number of ether oxygens (including phenoxy) is 1. The van der Waals surface area contributed by atoms with E-state index in [1.165, 1.54) is 25.0 Å². The van der Waals surface area contributed by atoms with E-state index in [-0.39, 0.29) is 5.82 Å². The third kappa shape index (κ3) is 4.54. The Morgan fingerprint density at radius 3 is 2.66 bits per heavy atom. The molecule has 3 aromatic heterocycles. The molecule has 2 fully saturated rings. The molecule has 180 valence electrons. The van der Waals surface area contributed by atoms with Crippen molar-refractivity contribution in [3.8, 4) is 22.5 Å². The van der Waals surface area contributed by atoms with Gasteiger partial charge in [0.1, 0.15) is 23.1 Å². The molecule has 0 bridgehead atoms. The molecule has 4 N–H and O–H groups in total. The molecule has 1 aromatic carbocycles. The van der Waals surface area contributed by atoms with Gasteiger partial charge in [-0.1, -0.05) is 5.16 Å². The average Bonchev–Trinajstić information content (AvgIpc) is 3.42. The minimum Gasteiger partial charge on any atom is -0.383 e. The van der Waals surface area contributed by atoms with Crippen LogP contribution in [0.1, 0.15) is 30.2 Å². The number of nitrogens with one attached hydrogen (secondary N) is 2. The number of aromatic nitrogens is 5. The number of morpholine rings is 1. The summed E-state index contributed by atoms with van der Waals surface area (Å²) in [5.41, 5.74) is 10.4. The van der Waals surface area contributed by atoms with Crippen molar-refractivity contribution in [2.75, 3.05) is 42.3 Å². The van der Waals surface area contributed by atoms with Gasteiger partial charge in [-0.05, 0) is 43.2 Å². The summed E-state index contributed by atoms with van der Waals surface area (Å²) in [6.07, 6.45) is 2.36. The second-order valence-electron chi connectivity index (χ2n) is 8.75. The van der Waals surface area contributed by atoms with Crippen LogP contribution in [0, 0.1) is 5.82 Å². The lowest BCUT2D eigenvalue weighted by Crippen LogP contribution is -2.37. The molecule has 1 aliphatic heterocycles. The van der Waals surface area contributed by atoms with Crippen LogP contribution in [-0.2, 0) is 11.3 Å². The molecule has 4 aromatic rings. The summed E-state index contributed by atoms with van der Waals surface area (Å²) in [5.74, 6) is 2.29. The number of aromatic amines is 1. The molecule has 0 atom stereocenters. The van der Waals surface area contributed by atoms with Gasteiger partial charge in [0.15, 0.2) is 5.76 Å². The van der Waals surface area contributed by atoms with Gasteiger partial charge in [0.25, 0.3) is 0 Å². The highest BCUT2D eigenvalue weighted by molar-refractivity contribution is 5.83. The van der Waals surface area contributed by atoms with Crippen molar-refractivity contribution in [2.45, 2.75) is 25.3 Å². The molecule has 2 aliphatic rings. The maximum absolute atomic E-state index is 13.2. The van der Waals surface area contributed by atoms with Gasteiger partial charge in [-0.3, -0.25) is 5.10 Å². The Morgan fingerprint density at radius 2 is 1.89 bits per heavy atom. The van der Waals surface area contributed by atoms with Gasteiger partial charge in [0.05, 0.1) is 31.0 Å². The third-order valence-electron chi connectivity index (χ3n) is 6.22. The first-order chi connectivity index (χ1) is 17.1. The summed E-state index contributed by atoms with van der Waals surface area (Å²) in [7, 11) is 0. The Morgan fingerprint density at radius 1 is 1.09 bits per heavy atom. The van der Waals surface area contributed by atoms with Crippen molar-refractivity contribution < 1.29 is 13.7 Å². The predicted molar refractivity (Wildman–Crippen MR) is 128 cm³/mol. The summed E-state index contributed by atoms with van der Waals surface area (Å²) in [6.45, 7) is 2.94. The largest absolute Gasteiger partial charge is 0.383 e. The molecule has 4 heterocycles. The zero-order valence-corrected chi connectivity index (χ0v) is 19.0. The number of nitrogens with zero attached hydrogens (tertiary/aromatic N) is 5. The van der Waals surface area contributed by atoms with Crippen LogP contribution in [-0.4, -0.2) is 51.6 Å². The van der Waals surface area contributed by atoms with Gasteiger partial charge in [-0.2, -0.15) is 15.1 Å². The quantitative estimate of drug-likeness (QED) is 0.366. The maximum Gasteiger partial charge on any atom is 0.227 e. The fraction of sp³-hybridized carbons (Fsp3) is 0.333. The lowest BCUT2D eigenvalue weighted by molar-refractivity contribution is 0.122. The Hall–Kier alpha value is -3.99. The normalized spacial score (nSPS) is 16.0. The number of benzene rings is 1. The molecule has 0 amide bonds. The van der Waals surface area contributed by atoms with E-state index in [0.29, 0.717) is 62.0 Å². The van der Waals surface area contributed by atoms with Gasteiger partial charge < -0.3 is 25.2 Å². The van der Waals surface area contributed by atoms with Crippen LogP contribution < -0.4 is 16.0 Å². The van der Waals surface area contributed by atoms with Crippen LogP contribution >= 0.6 is 0 Å². The Labute approximate surface area is 200 Å². The molecule has 11 heteroatoms. The summed E-state index contributed by atoms with van der Waals surface area (Å²) >= 11 is 0. The van der Waals surface area contributed by atoms with E-state index < -0.39 is 0 Å². The number of nitrogen functional groups attached to an aromatic ring is 1. The standard InChI is InChI=1S/C24H25FN8O2/c25-16-5-3-15(4-6-16)19-11-17(35-32-19)13-27-24-28-22(26)21(20-12-18(30-31-20)14-1-2-14)23(29-24)33-7-9-34-10-8-33/h3-6,11-12,14H,1-2,7-10,13H2,(H,30,31)(H3,26,27,28,29). The van der Waals surface area contributed by atoms with E-state index >= 15 is 0 Å². The zero-order chi connectivity index (χ0) is 23.8. The minimum atomic E-state index is -0.299. The van der Waals surface area contributed by atoms with E-state index in [9.17, 15) is 4.39 Å². The average molecular weight is 477 g/mol. The molecule has 10 nitrogen and oxygen atoms in total. The number of H-pyrrole nitrogens is 1. The van der Waals surface area contributed by atoms with Crippen LogP contribution in [0.2, 0.25) is 0 Å². The van der Waals surface area contributed by atoms with Crippen molar-refractivity contribution in [1.29, 1.82) is 0 Å². The molecule has 0 unspecified atom stereocenters. The number of rotatable bonds is 7. The fourth-order valence-electron chi connectivity index (χ4n) is 4.18. The number of halogens is 1. The minimum absolute atomic E-state index is 0.299. The summed E-state index contributed by atoms with van der Waals surface area (Å²) < 4.78 is 24.2. The van der Waals surface area contributed by atoms with Crippen LogP contribution in [0.5, 0.6) is 0 Å². The van der Waals surface area contributed by atoms with Crippen LogP contribution in [0.25, 0.3) is 22.5 Å². The van der Waals surface area contributed by atoms with Gasteiger partial charge >= 0.3 is 0 Å². The molecule has 6 rings (SSSR count). The SMILES string of the molecule is Nc1nc(NCc2cc(-c3ccc(F)cc3)no2)nc(N2CCOCC2)c1-c1cc(C2CC2)[nH]n1. The van der Waals surface area contributed by atoms with Crippen LogP contribution in [0.4, 0.5) is 22.0 Å². The van der Waals surface area contributed by atoms with Crippen molar-refractivity contribution in [3.63, 3.8) is 0 Å². The summed E-state index contributed by atoms with van der Waals surface area (Å²) in [4.78, 5) is 11.5. The van der Waals surface area contributed by atoms with Crippen LogP contribution in [0.3, 0.4) is 0 Å². The molecule has 1 aliphatic carbocycles. The fourth-order valence-corrected chi connectivity index (χ4v) is 4.18. The highest BCUT2D eigenvalue weighted by atomic mass is 19.1. The van der Waals surface area contributed by atoms with Crippen molar-refractivity contribution >= 4 is 17.6 Å². The first-order valence-corrected chi connectivity index (χ1v) is 11.7. The molecule has 0 radical (unpaired) electrons. The highest BCUT2D eigenvalue weighted by Crippen LogP contribution is 2.41. The topological polar surface area (TPSA) is 131 Å². The van der Waals surface area contributed by atoms with Gasteiger partial charge in [-0.25, -0.2) is 4.39 Å². The summed E-state index contributed by atoms with van der Waals surface area (Å²) in [5, 5.41) is 14.9. The molecular weight excluding hydrogens is 451 g/mol. The van der Waals surface area contributed by atoms with Crippen molar-refractivity contribution in [3.05, 3.63) is 53.7 Å². The van der Waals surface area contributed by atoms with Crippen molar-refractivity contribution in [2.24, 2.45) is 0 Å². The number of anilines is 3. The van der Waals surface area contributed by atoms with Crippen LogP contribution in [0.15, 0.2) is 40.9 Å². The lowest BCUT2D eigenvalue weighted by atomic mass is 10.1. The maximum atomic E-state index is 13.2. The van der Waals surface area contributed by atoms with E-state index in [1.807, 2.05) is 0 Å². The predicted octanol–water partition coefficient (Wildman–Crippen LogP) is 3.57. The Bertz CT molecular complexity index is 1330. The number of nitrogens with two attached hydrogens (primary N) is 1. The molecule has 1 saturated heterocycles. The summed E-state index contributed by atoms with van der Waals surface area (Å²) in [6, 6.07) is 9.94. The molecule has 1 saturated carbocycles. The van der Waals surface area contributed by atoms with Crippen molar-refractivity contribution in [1.82, 2.24) is 25.3 Å². The lowest BCUT2D eigenvalue weighted by Gasteiger charge is -2.29. The Kier molecular flexibility index (Phi) is 5.53. The van der Waals surface area contributed by atoms with Gasteiger partial charge in [0.2, 0.25) is 5.95 Å². The number of hydrogen-bond acceptors (Lipinski definition) is 9. The van der Waals surface area contributed by atoms with E-state index in [0.717, 1.165) is 28.3 Å². The van der Waals surface area contributed by atoms with E-state index in [4.69, 9.17) is 20.0 Å². The third-order valence-corrected chi connectivity index (χ3v) is 6.22. The monoisotopic (exact) mass is 476 g/mol. The van der Waals surface area contributed by atoms with E-state index in [2.05, 4.69) is 36.6 Å². The second-order valence-corrected chi connectivity index (χ2v) is 8.75. The zero-order valence-electron chi connectivity index (χ0n) is 19.0. The molecular formula is C24H25FN8O2. The van der Waals surface area contributed by atoms with Gasteiger partial charge in [-0.15, -0.1) is 0 Å².